The van der Waals surface area contributed by atoms with E-state index < -0.39 is 0 Å². The summed E-state index contributed by atoms with van der Waals surface area (Å²) >= 11 is 3.33. The van der Waals surface area contributed by atoms with E-state index in [0.29, 0.717) is 4.47 Å². The molecule has 0 aromatic heterocycles. The maximum atomic E-state index is 11.2. The molecule has 1 aromatic rings. The van der Waals surface area contributed by atoms with Crippen molar-refractivity contribution in [2.45, 2.75) is 37.5 Å². The second kappa shape index (κ2) is 5.50. The first-order valence-corrected chi connectivity index (χ1v) is 8.18. The van der Waals surface area contributed by atoms with Crippen LogP contribution in [0.1, 0.15) is 37.7 Å². The van der Waals surface area contributed by atoms with E-state index in [0.717, 1.165) is 48.9 Å². The number of rotatable bonds is 2. The molecule has 3 rings (SSSR count). The average Bonchev–Trinajstić information content (AvgIpc) is 2.70. The lowest BCUT2D eigenvalue weighted by Crippen LogP contribution is -2.32. The van der Waals surface area contributed by atoms with E-state index in [1.54, 1.807) is 12.1 Å². The smallest absolute Gasteiger partial charge is 0.285 e. The number of carbonyl (C=O) groups is 1. The van der Waals surface area contributed by atoms with Crippen molar-refractivity contribution < 1.29 is 9.72 Å². The first-order chi connectivity index (χ1) is 10.5. The molecule has 1 saturated carbocycles. The molecule has 0 atom stereocenters. The van der Waals surface area contributed by atoms with E-state index >= 15 is 0 Å². The third kappa shape index (κ3) is 2.08. The number of benzene rings is 1. The highest BCUT2D eigenvalue weighted by atomic mass is 79.9. The van der Waals surface area contributed by atoms with Crippen LogP contribution in [0.2, 0.25) is 0 Å². The molecule has 1 aliphatic carbocycles. The Morgan fingerprint density at radius 3 is 2.59 bits per heavy atom. The van der Waals surface area contributed by atoms with Crippen LogP contribution < -0.4 is 4.90 Å². The van der Waals surface area contributed by atoms with Gasteiger partial charge in [-0.05, 0) is 46.5 Å². The molecule has 1 fully saturated rings. The van der Waals surface area contributed by atoms with Crippen molar-refractivity contribution in [3.05, 3.63) is 44.1 Å². The van der Waals surface area contributed by atoms with Crippen LogP contribution in [0.15, 0.2) is 28.4 Å². The maximum absolute atomic E-state index is 11.2. The molecule has 5 nitrogen and oxygen atoms in total. The zero-order valence-electron chi connectivity index (χ0n) is 12.3. The lowest BCUT2D eigenvalue weighted by atomic mass is 9.68. The molecule has 0 unspecified atom stereocenters. The molecule has 22 heavy (non-hydrogen) atoms. The van der Waals surface area contributed by atoms with Gasteiger partial charge in [0.25, 0.3) is 5.69 Å². The number of nitro groups is 1. The quantitative estimate of drug-likeness (QED) is 0.343. The first kappa shape index (κ1) is 15.2. The number of halogens is 1. The molecule has 0 N–H and O–H groups in total. The number of aldehydes is 1. The van der Waals surface area contributed by atoms with Gasteiger partial charge in [0, 0.05) is 24.2 Å². The molecule has 1 heterocycles. The topological polar surface area (TPSA) is 63.5 Å². The molecule has 2 aliphatic rings. The summed E-state index contributed by atoms with van der Waals surface area (Å²) in [5.74, 6) is 0. The van der Waals surface area contributed by atoms with Gasteiger partial charge in [-0.1, -0.05) is 19.3 Å². The molecule has 116 valence electrons. The molecular weight excluding hydrogens is 348 g/mol. The van der Waals surface area contributed by atoms with E-state index in [9.17, 15) is 14.9 Å². The Morgan fingerprint density at radius 2 is 2.00 bits per heavy atom. The summed E-state index contributed by atoms with van der Waals surface area (Å²) < 4.78 is 0.502. The van der Waals surface area contributed by atoms with Gasteiger partial charge in [-0.15, -0.1) is 0 Å². The normalized spacial score (nSPS) is 21.2. The van der Waals surface area contributed by atoms with Crippen molar-refractivity contribution >= 4 is 33.6 Å². The van der Waals surface area contributed by atoms with Gasteiger partial charge in [-0.25, -0.2) is 0 Å². The predicted octanol–water partition coefficient (Wildman–Crippen LogP) is 4.09. The Bertz CT molecular complexity index is 678. The minimum atomic E-state index is -0.382. The van der Waals surface area contributed by atoms with E-state index in [1.807, 2.05) is 18.0 Å². The van der Waals surface area contributed by atoms with Crippen LogP contribution in [0.5, 0.6) is 0 Å². The Balaban J connectivity index is 2.24. The fourth-order valence-corrected chi connectivity index (χ4v) is 4.45. The summed E-state index contributed by atoms with van der Waals surface area (Å²) in [7, 11) is 1.88. The fraction of sp³-hybridized carbons (Fsp3) is 0.438. The standard InChI is InChI=1S/C16H17BrN2O3/c1-18-13-10-14(19(21)22)12(17)9-11(13)16(15(18)5-8-20)6-3-2-4-7-16/h5,8-10H,2-4,6-7H2,1H3. The van der Waals surface area contributed by atoms with Crippen LogP contribution >= 0.6 is 15.9 Å². The van der Waals surface area contributed by atoms with Gasteiger partial charge < -0.3 is 4.90 Å². The van der Waals surface area contributed by atoms with Crippen molar-refractivity contribution in [2.24, 2.45) is 0 Å². The van der Waals surface area contributed by atoms with Crippen molar-refractivity contribution in [2.75, 3.05) is 11.9 Å². The number of carbonyl (C=O) groups excluding carboxylic acids is 1. The SMILES string of the molecule is CN1C(=CC=O)C2(CCCCC2)c2cc(Br)c([N+](=O)[O-])cc21. The van der Waals surface area contributed by atoms with Crippen molar-refractivity contribution in [3.8, 4) is 0 Å². The largest absolute Gasteiger partial charge is 0.347 e. The summed E-state index contributed by atoms with van der Waals surface area (Å²) in [6.45, 7) is 0. The van der Waals surface area contributed by atoms with Crippen LogP contribution in [0.3, 0.4) is 0 Å². The van der Waals surface area contributed by atoms with Crippen molar-refractivity contribution in [1.82, 2.24) is 0 Å². The lowest BCUT2D eigenvalue weighted by Gasteiger charge is -2.36. The van der Waals surface area contributed by atoms with Crippen molar-refractivity contribution in [1.29, 1.82) is 0 Å². The second-order valence-electron chi connectivity index (χ2n) is 5.97. The molecule has 0 radical (unpaired) electrons. The monoisotopic (exact) mass is 364 g/mol. The van der Waals surface area contributed by atoms with Gasteiger partial charge in [-0.3, -0.25) is 14.9 Å². The van der Waals surface area contributed by atoms with Crippen LogP contribution in [0, 0.1) is 10.1 Å². The number of anilines is 1. The van der Waals surface area contributed by atoms with E-state index in [4.69, 9.17) is 0 Å². The molecule has 0 bridgehead atoms. The highest BCUT2D eigenvalue weighted by Gasteiger charge is 2.47. The van der Waals surface area contributed by atoms with Crippen molar-refractivity contribution in [3.63, 3.8) is 0 Å². The fourth-order valence-electron chi connectivity index (χ4n) is 3.96. The molecular formula is C16H17BrN2O3. The number of hydrogen-bond donors (Lipinski definition) is 0. The molecule has 0 amide bonds. The van der Waals surface area contributed by atoms with E-state index in [2.05, 4.69) is 15.9 Å². The molecule has 1 spiro atoms. The van der Waals surface area contributed by atoms with Crippen LogP contribution in [-0.2, 0) is 10.2 Å². The third-order valence-corrected chi connectivity index (χ3v) is 5.56. The van der Waals surface area contributed by atoms with Crippen LogP contribution in [0.25, 0.3) is 0 Å². The van der Waals surface area contributed by atoms with Crippen LogP contribution in [-0.4, -0.2) is 18.3 Å². The predicted molar refractivity (Wildman–Crippen MR) is 88.1 cm³/mol. The Labute approximate surface area is 137 Å². The summed E-state index contributed by atoms with van der Waals surface area (Å²) in [6, 6.07) is 3.49. The zero-order chi connectivity index (χ0) is 15.9. The number of nitro benzene ring substituents is 1. The Kier molecular flexibility index (Phi) is 3.80. The summed E-state index contributed by atoms with van der Waals surface area (Å²) in [5, 5.41) is 11.2. The first-order valence-electron chi connectivity index (χ1n) is 7.39. The number of nitrogens with zero attached hydrogens (tertiary/aromatic N) is 2. The van der Waals surface area contributed by atoms with Crippen LogP contribution in [0.4, 0.5) is 11.4 Å². The number of allylic oxidation sites excluding steroid dienone is 2. The lowest BCUT2D eigenvalue weighted by molar-refractivity contribution is -0.385. The van der Waals surface area contributed by atoms with Gasteiger partial charge in [0.2, 0.25) is 0 Å². The highest BCUT2D eigenvalue weighted by Crippen LogP contribution is 2.56. The number of hydrogen-bond acceptors (Lipinski definition) is 4. The number of likely N-dealkylation sites (N-methyl/N-ethyl adjacent to an activating group) is 1. The zero-order valence-corrected chi connectivity index (χ0v) is 13.9. The molecule has 6 heteroatoms. The van der Waals surface area contributed by atoms with E-state index in [1.165, 1.54) is 6.42 Å². The van der Waals surface area contributed by atoms with E-state index in [-0.39, 0.29) is 16.0 Å². The summed E-state index contributed by atoms with van der Waals surface area (Å²) in [6.07, 6.45) is 7.81. The highest BCUT2D eigenvalue weighted by molar-refractivity contribution is 9.10. The summed E-state index contributed by atoms with van der Waals surface area (Å²) in [5.41, 5.74) is 2.78. The van der Waals surface area contributed by atoms with Gasteiger partial charge in [0.15, 0.2) is 0 Å². The van der Waals surface area contributed by atoms with Gasteiger partial charge in [0.1, 0.15) is 6.29 Å². The molecule has 0 saturated heterocycles. The number of fused-ring (bicyclic) bond motifs is 2. The third-order valence-electron chi connectivity index (χ3n) is 4.92. The average molecular weight is 365 g/mol. The van der Waals surface area contributed by atoms with Gasteiger partial charge in [0.05, 0.1) is 15.1 Å². The van der Waals surface area contributed by atoms with Gasteiger partial charge >= 0.3 is 0 Å². The Morgan fingerprint density at radius 1 is 1.32 bits per heavy atom. The maximum Gasteiger partial charge on any atom is 0.285 e. The summed E-state index contributed by atoms with van der Waals surface area (Å²) in [4.78, 5) is 23.9. The minimum absolute atomic E-state index is 0.0592. The molecule has 1 aromatic carbocycles. The molecule has 1 aliphatic heterocycles. The minimum Gasteiger partial charge on any atom is -0.347 e. The second-order valence-corrected chi connectivity index (χ2v) is 6.82. The Hall–Kier alpha value is -1.69. The van der Waals surface area contributed by atoms with Gasteiger partial charge in [-0.2, -0.15) is 0 Å².